The minimum atomic E-state index is -4.31. The summed E-state index contributed by atoms with van der Waals surface area (Å²) in [6.07, 6.45) is -3.31. The average Bonchev–Trinajstić information content (AvgIpc) is 2.43. The molecule has 0 bridgehead atoms. The van der Waals surface area contributed by atoms with Crippen molar-refractivity contribution in [1.29, 1.82) is 0 Å². The molecule has 1 unspecified atom stereocenters. The van der Waals surface area contributed by atoms with Crippen LogP contribution >= 0.6 is 0 Å². The van der Waals surface area contributed by atoms with Gasteiger partial charge in [-0.2, -0.15) is 13.2 Å². The highest BCUT2D eigenvalue weighted by molar-refractivity contribution is 5.75. The molecule has 0 saturated carbocycles. The number of hydrogen-bond donors (Lipinski definition) is 2. The van der Waals surface area contributed by atoms with E-state index in [0.29, 0.717) is 24.9 Å². The van der Waals surface area contributed by atoms with Gasteiger partial charge in [0.1, 0.15) is 6.61 Å². The molecule has 124 valence electrons. The van der Waals surface area contributed by atoms with Crippen LogP contribution in [0.3, 0.4) is 0 Å². The Balaban J connectivity index is 2.31. The Bertz CT molecular complexity index is 459. The van der Waals surface area contributed by atoms with Crippen molar-refractivity contribution in [2.24, 2.45) is 5.73 Å². The first-order chi connectivity index (χ1) is 10.3. The molecule has 0 aliphatic carbocycles. The van der Waals surface area contributed by atoms with Crippen molar-refractivity contribution in [3.8, 4) is 0 Å². The topological polar surface area (TPSA) is 64.4 Å². The highest BCUT2D eigenvalue weighted by Crippen LogP contribution is 2.15. The fraction of sp³-hybridized carbons (Fsp3) is 0.533. The normalized spacial score (nSPS) is 13.0. The van der Waals surface area contributed by atoms with E-state index in [9.17, 15) is 18.0 Å². The zero-order chi connectivity index (χ0) is 16.6. The van der Waals surface area contributed by atoms with E-state index in [1.807, 2.05) is 6.92 Å². The molecule has 0 fully saturated rings. The van der Waals surface area contributed by atoms with Crippen LogP contribution in [0.15, 0.2) is 24.3 Å². The predicted molar refractivity (Wildman–Crippen MR) is 76.9 cm³/mol. The molecule has 0 radical (unpaired) electrons. The maximum absolute atomic E-state index is 11.9. The van der Waals surface area contributed by atoms with Gasteiger partial charge in [-0.3, -0.25) is 4.79 Å². The Morgan fingerprint density at radius 1 is 1.27 bits per heavy atom. The molecule has 0 heterocycles. The molecule has 1 aromatic rings. The van der Waals surface area contributed by atoms with E-state index in [1.165, 1.54) is 0 Å². The molecular weight excluding hydrogens is 297 g/mol. The lowest BCUT2D eigenvalue weighted by atomic mass is 10.1. The van der Waals surface area contributed by atoms with E-state index in [2.05, 4.69) is 10.1 Å². The molecule has 1 atom stereocenters. The Labute approximate surface area is 127 Å². The van der Waals surface area contributed by atoms with Gasteiger partial charge in [0, 0.05) is 19.0 Å². The molecule has 0 aliphatic heterocycles. The number of alkyl halides is 3. The van der Waals surface area contributed by atoms with Gasteiger partial charge < -0.3 is 15.8 Å². The largest absolute Gasteiger partial charge is 0.411 e. The van der Waals surface area contributed by atoms with Gasteiger partial charge in [-0.1, -0.05) is 24.3 Å². The van der Waals surface area contributed by atoms with Crippen LogP contribution in [0.4, 0.5) is 13.2 Å². The Hall–Kier alpha value is -1.60. The van der Waals surface area contributed by atoms with Crippen molar-refractivity contribution >= 4 is 5.91 Å². The quantitative estimate of drug-likeness (QED) is 0.774. The van der Waals surface area contributed by atoms with Gasteiger partial charge in [-0.15, -0.1) is 0 Å². The van der Waals surface area contributed by atoms with Crippen LogP contribution in [0.5, 0.6) is 0 Å². The molecule has 0 spiro atoms. The average molecular weight is 318 g/mol. The Kier molecular flexibility index (Phi) is 7.34. The number of nitrogens with two attached hydrogens (primary N) is 1. The number of nitrogens with one attached hydrogen (secondary N) is 1. The molecule has 7 heteroatoms. The minimum absolute atomic E-state index is 0.0123. The number of halogens is 3. The van der Waals surface area contributed by atoms with E-state index in [-0.39, 0.29) is 18.6 Å². The first-order valence-corrected chi connectivity index (χ1v) is 7.01. The standard InChI is InChI=1S/C15H21F3N2O2/c1-11(19)2-7-14(21)20-8-12-3-5-13(6-4-12)9-22-10-15(16,17)18/h3-6,11H,2,7-10,19H2,1H3,(H,20,21). The summed E-state index contributed by atoms with van der Waals surface area (Å²) >= 11 is 0. The van der Waals surface area contributed by atoms with E-state index in [0.717, 1.165) is 5.56 Å². The van der Waals surface area contributed by atoms with Crippen LogP contribution in [-0.4, -0.2) is 24.7 Å². The highest BCUT2D eigenvalue weighted by Gasteiger charge is 2.27. The van der Waals surface area contributed by atoms with E-state index < -0.39 is 12.8 Å². The lowest BCUT2D eigenvalue weighted by Gasteiger charge is -2.09. The van der Waals surface area contributed by atoms with Crippen LogP contribution in [0.25, 0.3) is 0 Å². The second kappa shape index (κ2) is 8.75. The van der Waals surface area contributed by atoms with Crippen LogP contribution < -0.4 is 11.1 Å². The third-order valence-corrected chi connectivity index (χ3v) is 2.87. The molecule has 1 amide bonds. The highest BCUT2D eigenvalue weighted by atomic mass is 19.4. The van der Waals surface area contributed by atoms with E-state index >= 15 is 0 Å². The molecule has 0 aliphatic rings. The molecule has 3 N–H and O–H groups in total. The molecule has 1 aromatic carbocycles. The van der Waals surface area contributed by atoms with Crippen LogP contribution in [0.2, 0.25) is 0 Å². The van der Waals surface area contributed by atoms with Crippen LogP contribution in [0.1, 0.15) is 30.9 Å². The zero-order valence-corrected chi connectivity index (χ0v) is 12.5. The van der Waals surface area contributed by atoms with Gasteiger partial charge in [0.25, 0.3) is 0 Å². The van der Waals surface area contributed by atoms with Crippen molar-refractivity contribution in [3.05, 3.63) is 35.4 Å². The summed E-state index contributed by atoms with van der Waals surface area (Å²) < 4.78 is 40.4. The van der Waals surface area contributed by atoms with Crippen molar-refractivity contribution in [2.45, 2.75) is 45.1 Å². The second-order valence-electron chi connectivity index (χ2n) is 5.22. The number of ether oxygens (including phenoxy) is 1. The van der Waals surface area contributed by atoms with Crippen molar-refractivity contribution in [3.63, 3.8) is 0 Å². The summed E-state index contributed by atoms with van der Waals surface area (Å²) in [5, 5.41) is 2.76. The van der Waals surface area contributed by atoms with Crippen molar-refractivity contribution in [2.75, 3.05) is 6.61 Å². The van der Waals surface area contributed by atoms with Crippen LogP contribution in [0, 0.1) is 0 Å². The van der Waals surface area contributed by atoms with Gasteiger partial charge in [-0.25, -0.2) is 0 Å². The smallest absolute Gasteiger partial charge is 0.367 e. The summed E-state index contributed by atoms with van der Waals surface area (Å²) in [7, 11) is 0. The summed E-state index contributed by atoms with van der Waals surface area (Å²) in [4.78, 5) is 11.5. The molecule has 4 nitrogen and oxygen atoms in total. The number of rotatable bonds is 8. The Morgan fingerprint density at radius 2 is 1.86 bits per heavy atom. The molecule has 22 heavy (non-hydrogen) atoms. The van der Waals surface area contributed by atoms with Gasteiger partial charge in [0.05, 0.1) is 6.61 Å². The predicted octanol–water partition coefficient (Wildman–Crippen LogP) is 2.51. The third kappa shape index (κ3) is 8.63. The first-order valence-electron chi connectivity index (χ1n) is 7.01. The van der Waals surface area contributed by atoms with Gasteiger partial charge in [0.15, 0.2) is 0 Å². The van der Waals surface area contributed by atoms with Crippen molar-refractivity contribution in [1.82, 2.24) is 5.32 Å². The van der Waals surface area contributed by atoms with E-state index in [1.54, 1.807) is 24.3 Å². The molecule has 0 saturated heterocycles. The third-order valence-electron chi connectivity index (χ3n) is 2.87. The second-order valence-corrected chi connectivity index (χ2v) is 5.22. The summed E-state index contributed by atoms with van der Waals surface area (Å²) in [6.45, 7) is 0.860. The maximum Gasteiger partial charge on any atom is 0.411 e. The fourth-order valence-electron chi connectivity index (χ4n) is 1.69. The lowest BCUT2D eigenvalue weighted by molar-refractivity contribution is -0.176. The minimum Gasteiger partial charge on any atom is -0.367 e. The summed E-state index contributed by atoms with van der Waals surface area (Å²) in [5.41, 5.74) is 7.09. The SMILES string of the molecule is CC(N)CCC(=O)NCc1ccc(COCC(F)(F)F)cc1. The van der Waals surface area contributed by atoms with Gasteiger partial charge in [0.2, 0.25) is 5.91 Å². The van der Waals surface area contributed by atoms with Gasteiger partial charge in [-0.05, 0) is 24.5 Å². The number of benzene rings is 1. The first kappa shape index (κ1) is 18.4. The summed E-state index contributed by atoms with van der Waals surface area (Å²) in [5.74, 6) is -0.0742. The monoisotopic (exact) mass is 318 g/mol. The van der Waals surface area contributed by atoms with Crippen LogP contribution in [-0.2, 0) is 22.7 Å². The molecular formula is C15H21F3N2O2. The number of amides is 1. The molecule has 0 aromatic heterocycles. The molecule has 1 rings (SSSR count). The maximum atomic E-state index is 11.9. The number of carbonyl (C=O) groups is 1. The van der Waals surface area contributed by atoms with Crippen molar-refractivity contribution < 1.29 is 22.7 Å². The number of carbonyl (C=O) groups excluding carboxylic acids is 1. The summed E-state index contributed by atoms with van der Waals surface area (Å²) in [6, 6.07) is 6.84. The Morgan fingerprint density at radius 3 is 2.41 bits per heavy atom. The van der Waals surface area contributed by atoms with Gasteiger partial charge >= 0.3 is 6.18 Å². The van der Waals surface area contributed by atoms with E-state index in [4.69, 9.17) is 5.73 Å². The number of hydrogen-bond acceptors (Lipinski definition) is 3. The zero-order valence-electron chi connectivity index (χ0n) is 12.5. The fourth-order valence-corrected chi connectivity index (χ4v) is 1.69. The lowest BCUT2D eigenvalue weighted by Crippen LogP contribution is -2.25.